The predicted octanol–water partition coefficient (Wildman–Crippen LogP) is 5.49. The maximum Gasteiger partial charge on any atom is 0.264 e. The Labute approximate surface area is 199 Å². The number of rotatable bonds is 6. The number of nitrogens with one attached hydrogen (secondary N) is 1. The Morgan fingerprint density at radius 3 is 2.24 bits per heavy atom. The molecule has 1 aromatic heterocycles. The molecule has 0 atom stereocenters. The molecule has 0 saturated carbocycles. The minimum atomic E-state index is -0.156. The van der Waals surface area contributed by atoms with Crippen molar-refractivity contribution in [3.8, 4) is 0 Å². The molecule has 2 amide bonds. The van der Waals surface area contributed by atoms with Crippen molar-refractivity contribution < 1.29 is 9.59 Å². The minimum absolute atomic E-state index is 0.117. The van der Waals surface area contributed by atoms with Gasteiger partial charge in [0, 0.05) is 43.6 Å². The summed E-state index contributed by atoms with van der Waals surface area (Å²) in [5.74, 6) is 0.454. The van der Waals surface area contributed by atoms with Crippen LogP contribution in [-0.4, -0.2) is 42.9 Å². The van der Waals surface area contributed by atoms with Crippen LogP contribution in [0.3, 0.4) is 0 Å². The molecular formula is C27H29N3O2S. The average molecular weight is 460 g/mol. The molecule has 0 radical (unpaired) electrons. The van der Waals surface area contributed by atoms with Gasteiger partial charge in [-0.15, -0.1) is 11.3 Å². The summed E-state index contributed by atoms with van der Waals surface area (Å²) in [4.78, 5) is 29.8. The minimum Gasteiger partial charge on any atom is -0.368 e. The molecule has 0 unspecified atom stereocenters. The molecule has 1 saturated heterocycles. The molecular weight excluding hydrogens is 430 g/mol. The average Bonchev–Trinajstić information content (AvgIpc) is 3.38. The van der Waals surface area contributed by atoms with Crippen LogP contribution in [-0.2, 0) is 4.79 Å². The van der Waals surface area contributed by atoms with Crippen LogP contribution in [0, 0.1) is 0 Å². The number of benzene rings is 2. The van der Waals surface area contributed by atoms with Gasteiger partial charge < -0.3 is 15.1 Å². The molecule has 1 aliphatic rings. The molecule has 1 fully saturated rings. The Morgan fingerprint density at radius 1 is 0.939 bits per heavy atom. The normalized spacial score (nSPS) is 14.2. The van der Waals surface area contributed by atoms with E-state index in [1.807, 2.05) is 64.9 Å². The predicted molar refractivity (Wildman–Crippen MR) is 137 cm³/mol. The lowest BCUT2D eigenvalue weighted by atomic mass is 10.0. The van der Waals surface area contributed by atoms with E-state index in [1.54, 1.807) is 6.08 Å². The number of amides is 2. The first-order chi connectivity index (χ1) is 16.0. The second-order valence-corrected chi connectivity index (χ2v) is 9.40. The van der Waals surface area contributed by atoms with Gasteiger partial charge in [-0.25, -0.2) is 0 Å². The van der Waals surface area contributed by atoms with E-state index in [1.165, 1.54) is 16.9 Å². The van der Waals surface area contributed by atoms with E-state index in [0.717, 1.165) is 34.9 Å². The first kappa shape index (κ1) is 22.8. The second kappa shape index (κ2) is 10.5. The van der Waals surface area contributed by atoms with Crippen molar-refractivity contribution in [2.45, 2.75) is 19.8 Å². The number of nitrogens with zero attached hydrogens (tertiary/aromatic N) is 2. The first-order valence-electron chi connectivity index (χ1n) is 11.3. The van der Waals surface area contributed by atoms with Crippen molar-refractivity contribution in [3.05, 3.63) is 88.1 Å². The Balaban J connectivity index is 1.27. The van der Waals surface area contributed by atoms with Crippen LogP contribution in [0.15, 0.2) is 72.1 Å². The summed E-state index contributed by atoms with van der Waals surface area (Å²) in [5.41, 5.74) is 4.14. The Kier molecular flexibility index (Phi) is 7.25. The summed E-state index contributed by atoms with van der Waals surface area (Å²) in [6.45, 7) is 7.33. The number of piperazine rings is 1. The van der Waals surface area contributed by atoms with Gasteiger partial charge in [-0.05, 0) is 58.8 Å². The number of thiophene rings is 1. The van der Waals surface area contributed by atoms with Gasteiger partial charge in [0.15, 0.2) is 0 Å². The fourth-order valence-electron chi connectivity index (χ4n) is 3.83. The van der Waals surface area contributed by atoms with E-state index < -0.39 is 0 Å². The Morgan fingerprint density at radius 2 is 1.64 bits per heavy atom. The van der Waals surface area contributed by atoms with E-state index in [0.29, 0.717) is 19.0 Å². The monoisotopic (exact) mass is 459 g/mol. The standard InChI is InChI=1S/C27H29N3O2S/c1-20(2)22-8-5-21(6-9-22)7-14-26(31)28-23-10-12-24(13-11-23)29-15-17-30(18-16-29)27(32)25-4-3-19-33-25/h3-14,19-20H,15-18H2,1-2H3,(H,28,31)/b14-7+. The van der Waals surface area contributed by atoms with E-state index in [4.69, 9.17) is 0 Å². The highest BCUT2D eigenvalue weighted by atomic mass is 32.1. The maximum atomic E-state index is 12.5. The van der Waals surface area contributed by atoms with Gasteiger partial charge in [0.1, 0.15) is 0 Å². The van der Waals surface area contributed by atoms with Crippen LogP contribution in [0.1, 0.15) is 40.6 Å². The lowest BCUT2D eigenvalue weighted by molar-refractivity contribution is -0.111. The van der Waals surface area contributed by atoms with Crippen LogP contribution < -0.4 is 10.2 Å². The highest BCUT2D eigenvalue weighted by Gasteiger charge is 2.22. The molecule has 1 aliphatic heterocycles. The Hall–Kier alpha value is -3.38. The molecule has 2 aromatic carbocycles. The van der Waals surface area contributed by atoms with Crippen LogP contribution in [0.5, 0.6) is 0 Å². The highest BCUT2D eigenvalue weighted by Crippen LogP contribution is 2.21. The summed E-state index contributed by atoms with van der Waals surface area (Å²) in [7, 11) is 0. The Bertz CT molecular complexity index is 1100. The highest BCUT2D eigenvalue weighted by molar-refractivity contribution is 7.12. The molecule has 6 heteroatoms. The molecule has 0 aliphatic carbocycles. The summed E-state index contributed by atoms with van der Waals surface area (Å²) in [6, 6.07) is 19.9. The summed E-state index contributed by atoms with van der Waals surface area (Å²) in [6.07, 6.45) is 3.38. The molecule has 5 nitrogen and oxygen atoms in total. The van der Waals surface area contributed by atoms with Gasteiger partial charge in [0.2, 0.25) is 5.91 Å². The number of carbonyl (C=O) groups is 2. The number of hydrogen-bond donors (Lipinski definition) is 1. The van der Waals surface area contributed by atoms with Crippen molar-refractivity contribution in [2.75, 3.05) is 36.4 Å². The molecule has 170 valence electrons. The van der Waals surface area contributed by atoms with E-state index in [-0.39, 0.29) is 11.8 Å². The van der Waals surface area contributed by atoms with Crippen molar-refractivity contribution in [2.24, 2.45) is 0 Å². The van der Waals surface area contributed by atoms with Gasteiger partial charge in [-0.1, -0.05) is 44.2 Å². The SMILES string of the molecule is CC(C)c1ccc(/C=C/C(=O)Nc2ccc(N3CCN(C(=O)c4cccs4)CC3)cc2)cc1. The van der Waals surface area contributed by atoms with Gasteiger partial charge in [0.25, 0.3) is 5.91 Å². The van der Waals surface area contributed by atoms with Gasteiger partial charge in [0.05, 0.1) is 4.88 Å². The molecule has 1 N–H and O–H groups in total. The molecule has 0 spiro atoms. The molecule has 2 heterocycles. The van der Waals surface area contributed by atoms with E-state index in [2.05, 4.69) is 36.2 Å². The van der Waals surface area contributed by atoms with Crippen LogP contribution in [0.2, 0.25) is 0 Å². The largest absolute Gasteiger partial charge is 0.368 e. The lowest BCUT2D eigenvalue weighted by Gasteiger charge is -2.36. The lowest BCUT2D eigenvalue weighted by Crippen LogP contribution is -2.48. The number of carbonyl (C=O) groups excluding carboxylic acids is 2. The molecule has 4 rings (SSSR count). The topological polar surface area (TPSA) is 52.7 Å². The quantitative estimate of drug-likeness (QED) is 0.496. The number of anilines is 2. The smallest absolute Gasteiger partial charge is 0.264 e. The van der Waals surface area contributed by atoms with Crippen molar-refractivity contribution in [1.82, 2.24) is 4.90 Å². The molecule has 33 heavy (non-hydrogen) atoms. The van der Waals surface area contributed by atoms with Crippen LogP contribution in [0.4, 0.5) is 11.4 Å². The fraction of sp³-hybridized carbons (Fsp3) is 0.259. The first-order valence-corrected chi connectivity index (χ1v) is 12.1. The van der Waals surface area contributed by atoms with Crippen molar-refractivity contribution in [3.63, 3.8) is 0 Å². The molecule has 3 aromatic rings. The summed E-state index contributed by atoms with van der Waals surface area (Å²) < 4.78 is 0. The molecule has 0 bridgehead atoms. The van der Waals surface area contributed by atoms with Gasteiger partial charge in [-0.2, -0.15) is 0 Å². The summed E-state index contributed by atoms with van der Waals surface area (Å²) in [5, 5.41) is 4.85. The zero-order valence-corrected chi connectivity index (χ0v) is 19.8. The van der Waals surface area contributed by atoms with E-state index in [9.17, 15) is 9.59 Å². The van der Waals surface area contributed by atoms with Crippen LogP contribution in [0.25, 0.3) is 6.08 Å². The maximum absolute atomic E-state index is 12.5. The summed E-state index contributed by atoms with van der Waals surface area (Å²) >= 11 is 1.49. The third-order valence-electron chi connectivity index (χ3n) is 5.83. The zero-order chi connectivity index (χ0) is 23.2. The van der Waals surface area contributed by atoms with Crippen LogP contribution >= 0.6 is 11.3 Å². The fourth-order valence-corrected chi connectivity index (χ4v) is 4.52. The van der Waals surface area contributed by atoms with E-state index >= 15 is 0 Å². The van der Waals surface area contributed by atoms with Gasteiger partial charge >= 0.3 is 0 Å². The van der Waals surface area contributed by atoms with Crippen molar-refractivity contribution in [1.29, 1.82) is 0 Å². The third-order valence-corrected chi connectivity index (χ3v) is 6.69. The van der Waals surface area contributed by atoms with Gasteiger partial charge in [-0.3, -0.25) is 9.59 Å². The van der Waals surface area contributed by atoms with Crippen molar-refractivity contribution >= 4 is 40.6 Å². The third kappa shape index (κ3) is 5.90. The number of hydrogen-bond acceptors (Lipinski definition) is 4. The zero-order valence-electron chi connectivity index (χ0n) is 19.0. The second-order valence-electron chi connectivity index (χ2n) is 8.45.